The summed E-state index contributed by atoms with van der Waals surface area (Å²) in [5.74, 6) is -0.582. The highest BCUT2D eigenvalue weighted by atomic mass is 19.1. The number of halogens is 1. The number of benzene rings is 3. The van der Waals surface area contributed by atoms with E-state index in [0.29, 0.717) is 37.4 Å². The normalized spacial score (nSPS) is 14.3. The van der Waals surface area contributed by atoms with Gasteiger partial charge in [0.2, 0.25) is 5.91 Å². The summed E-state index contributed by atoms with van der Waals surface area (Å²) in [6, 6.07) is 24.3. The highest BCUT2D eigenvalue weighted by Gasteiger charge is 2.23. The third-order valence-corrected chi connectivity index (χ3v) is 6.01. The predicted octanol–water partition coefficient (Wildman–Crippen LogP) is 4.06. The second-order valence-electron chi connectivity index (χ2n) is 8.31. The first kappa shape index (κ1) is 22.7. The molecule has 170 valence electrons. The van der Waals surface area contributed by atoms with Crippen molar-refractivity contribution in [1.82, 2.24) is 10.2 Å². The zero-order valence-electron chi connectivity index (χ0n) is 18.7. The lowest BCUT2D eigenvalue weighted by atomic mass is 9.99. The molecule has 0 aliphatic carbocycles. The SMILES string of the molecule is CC(=O)c1ccc(N2CCN(CC(=O)NC(c3ccccc3)c3ccccc3)CC2)c(F)c1. The number of carbonyl (C=O) groups excluding carboxylic acids is 2. The molecule has 1 aliphatic heterocycles. The van der Waals surface area contributed by atoms with Gasteiger partial charge in [-0.05, 0) is 36.2 Å². The van der Waals surface area contributed by atoms with Crippen molar-refractivity contribution in [1.29, 1.82) is 0 Å². The van der Waals surface area contributed by atoms with Crippen LogP contribution in [0.2, 0.25) is 0 Å². The third kappa shape index (κ3) is 5.65. The first-order chi connectivity index (χ1) is 16.0. The second-order valence-corrected chi connectivity index (χ2v) is 8.31. The number of anilines is 1. The number of carbonyl (C=O) groups is 2. The molecule has 0 spiro atoms. The van der Waals surface area contributed by atoms with Gasteiger partial charge in [-0.15, -0.1) is 0 Å². The van der Waals surface area contributed by atoms with Crippen LogP contribution in [0.3, 0.4) is 0 Å². The molecule has 1 amide bonds. The summed E-state index contributed by atoms with van der Waals surface area (Å²) < 4.78 is 14.5. The molecule has 3 aromatic rings. The standard InChI is InChI=1S/C27H28FN3O2/c1-20(32)23-12-13-25(24(28)18-23)31-16-14-30(15-17-31)19-26(33)29-27(21-8-4-2-5-9-21)22-10-6-3-7-11-22/h2-13,18,27H,14-17,19H2,1H3,(H,29,33). The van der Waals surface area contributed by atoms with Gasteiger partial charge in [-0.25, -0.2) is 4.39 Å². The van der Waals surface area contributed by atoms with Crippen LogP contribution in [0.4, 0.5) is 10.1 Å². The van der Waals surface area contributed by atoms with Crippen LogP contribution in [0.25, 0.3) is 0 Å². The Bertz CT molecular complexity index is 1060. The van der Waals surface area contributed by atoms with Gasteiger partial charge in [0.15, 0.2) is 5.78 Å². The number of hydrogen-bond donors (Lipinski definition) is 1. The fourth-order valence-corrected chi connectivity index (χ4v) is 4.19. The van der Waals surface area contributed by atoms with Crippen molar-refractivity contribution in [2.75, 3.05) is 37.6 Å². The van der Waals surface area contributed by atoms with Crippen LogP contribution in [0, 0.1) is 5.82 Å². The van der Waals surface area contributed by atoms with E-state index in [-0.39, 0.29) is 30.1 Å². The Morgan fingerprint density at radius 2 is 1.45 bits per heavy atom. The van der Waals surface area contributed by atoms with E-state index in [9.17, 15) is 14.0 Å². The van der Waals surface area contributed by atoms with Crippen molar-refractivity contribution in [3.8, 4) is 0 Å². The summed E-state index contributed by atoms with van der Waals surface area (Å²) in [7, 11) is 0. The number of Topliss-reactive ketones (excluding diaryl/α,β-unsaturated/α-hetero) is 1. The van der Waals surface area contributed by atoms with Gasteiger partial charge >= 0.3 is 0 Å². The van der Waals surface area contributed by atoms with E-state index >= 15 is 0 Å². The van der Waals surface area contributed by atoms with Crippen LogP contribution in [0.15, 0.2) is 78.9 Å². The predicted molar refractivity (Wildman–Crippen MR) is 128 cm³/mol. The molecule has 0 radical (unpaired) electrons. The van der Waals surface area contributed by atoms with Gasteiger partial charge in [0.1, 0.15) is 5.82 Å². The number of hydrogen-bond acceptors (Lipinski definition) is 4. The Balaban J connectivity index is 1.36. The highest BCUT2D eigenvalue weighted by Crippen LogP contribution is 2.23. The number of piperazine rings is 1. The quantitative estimate of drug-likeness (QED) is 0.558. The average Bonchev–Trinajstić information content (AvgIpc) is 2.84. The molecule has 1 saturated heterocycles. The third-order valence-electron chi connectivity index (χ3n) is 6.01. The van der Waals surface area contributed by atoms with Crippen LogP contribution in [0.5, 0.6) is 0 Å². The monoisotopic (exact) mass is 445 g/mol. The van der Waals surface area contributed by atoms with Crippen molar-refractivity contribution in [3.63, 3.8) is 0 Å². The molecule has 5 nitrogen and oxygen atoms in total. The van der Waals surface area contributed by atoms with E-state index in [1.807, 2.05) is 65.6 Å². The Hall–Kier alpha value is -3.51. The summed E-state index contributed by atoms with van der Waals surface area (Å²) in [5, 5.41) is 3.18. The lowest BCUT2D eigenvalue weighted by Gasteiger charge is -2.36. The molecule has 0 saturated carbocycles. The smallest absolute Gasteiger partial charge is 0.234 e. The van der Waals surface area contributed by atoms with Crippen molar-refractivity contribution in [2.45, 2.75) is 13.0 Å². The Morgan fingerprint density at radius 3 is 1.97 bits per heavy atom. The second kappa shape index (κ2) is 10.4. The fraction of sp³-hybridized carbons (Fsp3) is 0.259. The van der Waals surface area contributed by atoms with Gasteiger partial charge in [-0.3, -0.25) is 14.5 Å². The molecular weight excluding hydrogens is 417 g/mol. The number of amides is 1. The molecule has 6 heteroatoms. The molecule has 1 heterocycles. The average molecular weight is 446 g/mol. The molecule has 1 aliphatic rings. The summed E-state index contributed by atoms with van der Waals surface area (Å²) >= 11 is 0. The molecule has 4 rings (SSSR count). The van der Waals surface area contributed by atoms with Gasteiger partial charge < -0.3 is 10.2 Å². The van der Waals surface area contributed by atoms with Gasteiger partial charge in [-0.2, -0.15) is 0 Å². The fourth-order valence-electron chi connectivity index (χ4n) is 4.19. The largest absolute Gasteiger partial charge is 0.367 e. The summed E-state index contributed by atoms with van der Waals surface area (Å²) in [6.45, 7) is 4.26. The Morgan fingerprint density at radius 1 is 0.879 bits per heavy atom. The first-order valence-corrected chi connectivity index (χ1v) is 11.2. The number of ketones is 1. The summed E-state index contributed by atoms with van der Waals surface area (Å²) in [5.41, 5.74) is 2.94. The molecule has 1 N–H and O–H groups in total. The van der Waals surface area contributed by atoms with Gasteiger partial charge in [0, 0.05) is 31.7 Å². The number of nitrogens with zero attached hydrogens (tertiary/aromatic N) is 2. The van der Waals surface area contributed by atoms with Gasteiger partial charge in [-0.1, -0.05) is 60.7 Å². The first-order valence-electron chi connectivity index (χ1n) is 11.2. The van der Waals surface area contributed by atoms with Crippen LogP contribution in [-0.2, 0) is 4.79 Å². The maximum Gasteiger partial charge on any atom is 0.234 e. The van der Waals surface area contributed by atoms with E-state index < -0.39 is 0 Å². The molecular formula is C27H28FN3O2. The van der Waals surface area contributed by atoms with E-state index in [1.54, 1.807) is 12.1 Å². The van der Waals surface area contributed by atoms with Crippen molar-refractivity contribution in [2.24, 2.45) is 0 Å². The van der Waals surface area contributed by atoms with Gasteiger partial charge in [0.25, 0.3) is 0 Å². The summed E-state index contributed by atoms with van der Waals surface area (Å²) in [6.07, 6.45) is 0. The van der Waals surface area contributed by atoms with Gasteiger partial charge in [0.05, 0.1) is 18.3 Å². The Labute approximate surface area is 193 Å². The zero-order chi connectivity index (χ0) is 23.2. The van der Waals surface area contributed by atoms with Crippen LogP contribution in [-0.4, -0.2) is 49.3 Å². The highest BCUT2D eigenvalue weighted by molar-refractivity contribution is 5.94. The minimum Gasteiger partial charge on any atom is -0.367 e. The number of nitrogens with one attached hydrogen (secondary N) is 1. The summed E-state index contributed by atoms with van der Waals surface area (Å²) in [4.78, 5) is 28.4. The minimum absolute atomic E-state index is 0.0434. The molecule has 3 aromatic carbocycles. The molecule has 0 unspecified atom stereocenters. The number of rotatable bonds is 7. The van der Waals surface area contributed by atoms with Crippen molar-refractivity contribution >= 4 is 17.4 Å². The minimum atomic E-state index is -0.387. The maximum atomic E-state index is 14.5. The zero-order valence-corrected chi connectivity index (χ0v) is 18.7. The Kier molecular flexibility index (Phi) is 7.15. The van der Waals surface area contributed by atoms with E-state index in [2.05, 4.69) is 10.2 Å². The van der Waals surface area contributed by atoms with Crippen molar-refractivity contribution < 1.29 is 14.0 Å². The lowest BCUT2D eigenvalue weighted by molar-refractivity contribution is -0.122. The molecule has 0 atom stereocenters. The lowest BCUT2D eigenvalue weighted by Crippen LogP contribution is -2.50. The molecule has 1 fully saturated rings. The maximum absolute atomic E-state index is 14.5. The van der Waals surface area contributed by atoms with E-state index in [4.69, 9.17) is 0 Å². The van der Waals surface area contributed by atoms with E-state index in [0.717, 1.165) is 11.1 Å². The topological polar surface area (TPSA) is 52.7 Å². The molecule has 33 heavy (non-hydrogen) atoms. The van der Waals surface area contributed by atoms with Crippen LogP contribution < -0.4 is 10.2 Å². The van der Waals surface area contributed by atoms with Crippen molar-refractivity contribution in [3.05, 3.63) is 101 Å². The molecule has 0 bridgehead atoms. The van der Waals surface area contributed by atoms with E-state index in [1.165, 1.54) is 13.0 Å². The van der Waals surface area contributed by atoms with Crippen LogP contribution in [0.1, 0.15) is 34.5 Å². The van der Waals surface area contributed by atoms with Crippen LogP contribution >= 0.6 is 0 Å². The molecule has 0 aromatic heterocycles.